The SMILES string of the molecule is O=C(N1CCC(c2ccc(F)c(C(F)F)c2)C1)C1(c2ccnnc2)C=CNN1. The van der Waals surface area contributed by atoms with Gasteiger partial charge in [-0.15, -0.1) is 0 Å². The first-order chi connectivity index (χ1) is 13.5. The monoisotopic (exact) mass is 389 g/mol. The number of hydrazine groups is 1. The maximum atomic E-state index is 13.6. The molecule has 2 aliphatic heterocycles. The van der Waals surface area contributed by atoms with Gasteiger partial charge in [0.15, 0.2) is 5.54 Å². The van der Waals surface area contributed by atoms with E-state index in [0.717, 1.165) is 6.07 Å². The van der Waals surface area contributed by atoms with E-state index in [1.54, 1.807) is 23.2 Å². The van der Waals surface area contributed by atoms with Crippen LogP contribution < -0.4 is 10.9 Å². The molecule has 0 saturated carbocycles. The molecule has 2 aliphatic rings. The fourth-order valence-electron chi connectivity index (χ4n) is 3.75. The number of rotatable bonds is 4. The summed E-state index contributed by atoms with van der Waals surface area (Å²) in [7, 11) is 0. The number of likely N-dealkylation sites (tertiary alicyclic amines) is 1. The van der Waals surface area contributed by atoms with Gasteiger partial charge in [0.1, 0.15) is 5.82 Å². The van der Waals surface area contributed by atoms with Crippen LogP contribution in [0.25, 0.3) is 0 Å². The van der Waals surface area contributed by atoms with Crippen molar-refractivity contribution in [1.29, 1.82) is 0 Å². The highest BCUT2D eigenvalue weighted by atomic mass is 19.3. The molecule has 2 N–H and O–H groups in total. The van der Waals surface area contributed by atoms with Crippen LogP contribution >= 0.6 is 0 Å². The van der Waals surface area contributed by atoms with Crippen molar-refractivity contribution in [2.24, 2.45) is 0 Å². The summed E-state index contributed by atoms with van der Waals surface area (Å²) < 4.78 is 39.6. The van der Waals surface area contributed by atoms with Crippen molar-refractivity contribution >= 4 is 5.91 Å². The van der Waals surface area contributed by atoms with Gasteiger partial charge in [0, 0.05) is 37.0 Å². The molecule has 1 aromatic carbocycles. The minimum Gasteiger partial charge on any atom is -0.340 e. The van der Waals surface area contributed by atoms with Crippen LogP contribution in [0.4, 0.5) is 13.2 Å². The quantitative estimate of drug-likeness (QED) is 0.840. The maximum Gasteiger partial charge on any atom is 0.266 e. The van der Waals surface area contributed by atoms with E-state index in [1.165, 1.54) is 24.5 Å². The van der Waals surface area contributed by atoms with Crippen molar-refractivity contribution in [3.8, 4) is 0 Å². The topological polar surface area (TPSA) is 70.2 Å². The minimum atomic E-state index is -2.87. The predicted octanol–water partition coefficient (Wildman–Crippen LogP) is 2.39. The molecule has 0 radical (unpaired) electrons. The molecule has 146 valence electrons. The molecule has 0 aliphatic carbocycles. The van der Waals surface area contributed by atoms with Crippen molar-refractivity contribution in [2.45, 2.75) is 24.3 Å². The first-order valence-electron chi connectivity index (χ1n) is 8.86. The lowest BCUT2D eigenvalue weighted by Gasteiger charge is -2.31. The van der Waals surface area contributed by atoms with Crippen LogP contribution in [0.3, 0.4) is 0 Å². The number of carbonyl (C=O) groups excluding carboxylic acids is 1. The fourth-order valence-corrected chi connectivity index (χ4v) is 3.75. The van der Waals surface area contributed by atoms with E-state index in [1.807, 2.05) is 0 Å². The van der Waals surface area contributed by atoms with Gasteiger partial charge in [-0.25, -0.2) is 18.6 Å². The van der Waals surface area contributed by atoms with Gasteiger partial charge in [-0.3, -0.25) is 4.79 Å². The largest absolute Gasteiger partial charge is 0.340 e. The van der Waals surface area contributed by atoms with Crippen LogP contribution in [-0.4, -0.2) is 34.1 Å². The van der Waals surface area contributed by atoms with Crippen LogP contribution in [-0.2, 0) is 10.3 Å². The maximum absolute atomic E-state index is 13.6. The zero-order chi connectivity index (χ0) is 19.7. The number of nitrogens with one attached hydrogen (secondary N) is 2. The Morgan fingerprint density at radius 1 is 1.29 bits per heavy atom. The highest BCUT2D eigenvalue weighted by Gasteiger charge is 2.45. The van der Waals surface area contributed by atoms with E-state index >= 15 is 0 Å². The Bertz CT molecular complexity index is 908. The van der Waals surface area contributed by atoms with E-state index in [9.17, 15) is 18.0 Å². The number of amides is 1. The van der Waals surface area contributed by atoms with Gasteiger partial charge in [0.05, 0.1) is 11.8 Å². The zero-order valence-corrected chi connectivity index (χ0v) is 14.8. The number of aromatic nitrogens is 2. The Kier molecular flexibility index (Phi) is 4.76. The molecule has 0 spiro atoms. The molecule has 2 aromatic rings. The Morgan fingerprint density at radius 3 is 2.82 bits per heavy atom. The van der Waals surface area contributed by atoms with Crippen molar-refractivity contribution in [3.63, 3.8) is 0 Å². The van der Waals surface area contributed by atoms with E-state index in [2.05, 4.69) is 21.0 Å². The molecule has 9 heteroatoms. The van der Waals surface area contributed by atoms with Crippen molar-refractivity contribution in [2.75, 3.05) is 13.1 Å². The van der Waals surface area contributed by atoms with Crippen LogP contribution in [0.15, 0.2) is 48.9 Å². The Labute approximate surface area is 159 Å². The predicted molar refractivity (Wildman–Crippen MR) is 94.4 cm³/mol. The Morgan fingerprint density at radius 2 is 2.14 bits per heavy atom. The van der Waals surface area contributed by atoms with Crippen LogP contribution in [0.2, 0.25) is 0 Å². The number of benzene rings is 1. The lowest BCUT2D eigenvalue weighted by atomic mass is 9.91. The van der Waals surface area contributed by atoms with E-state index in [4.69, 9.17) is 0 Å². The third-order valence-corrected chi connectivity index (χ3v) is 5.26. The molecule has 3 heterocycles. The summed E-state index contributed by atoms with van der Waals surface area (Å²) >= 11 is 0. The third-order valence-electron chi connectivity index (χ3n) is 5.26. The number of halogens is 3. The van der Waals surface area contributed by atoms with E-state index in [0.29, 0.717) is 30.6 Å². The zero-order valence-electron chi connectivity index (χ0n) is 14.8. The molecule has 2 atom stereocenters. The summed E-state index contributed by atoms with van der Waals surface area (Å²) in [6.45, 7) is 0.837. The smallest absolute Gasteiger partial charge is 0.266 e. The normalized spacial score (nSPS) is 24.0. The van der Waals surface area contributed by atoms with Gasteiger partial charge in [-0.05, 0) is 36.3 Å². The molecule has 28 heavy (non-hydrogen) atoms. The summed E-state index contributed by atoms with van der Waals surface area (Å²) in [5, 5.41) is 7.60. The van der Waals surface area contributed by atoms with Gasteiger partial charge >= 0.3 is 0 Å². The molecule has 1 fully saturated rings. The van der Waals surface area contributed by atoms with Crippen LogP contribution in [0.1, 0.15) is 35.5 Å². The number of nitrogens with zero attached hydrogens (tertiary/aromatic N) is 3. The van der Waals surface area contributed by atoms with Crippen LogP contribution in [0.5, 0.6) is 0 Å². The first-order valence-corrected chi connectivity index (χ1v) is 8.86. The fraction of sp³-hybridized carbons (Fsp3) is 0.316. The number of hydrogen-bond acceptors (Lipinski definition) is 5. The minimum absolute atomic E-state index is 0.131. The molecular formula is C19H18F3N5O. The summed E-state index contributed by atoms with van der Waals surface area (Å²) in [5.41, 5.74) is 5.35. The highest BCUT2D eigenvalue weighted by Crippen LogP contribution is 2.34. The average molecular weight is 389 g/mol. The second kappa shape index (κ2) is 7.23. The lowest BCUT2D eigenvalue weighted by Crippen LogP contribution is -2.54. The Balaban J connectivity index is 1.56. The van der Waals surface area contributed by atoms with Crippen molar-refractivity contribution in [3.05, 3.63) is 71.4 Å². The standard InChI is InChI=1S/C19H18F3N5O/c20-16-2-1-12(9-15(16)17(21)22)13-4-8-27(11-13)18(28)19(5-7-24-26-19)14-3-6-23-25-10-14/h1-3,5-7,9-10,13,17,24,26H,4,8,11H2. The molecular weight excluding hydrogens is 371 g/mol. The van der Waals surface area contributed by atoms with Gasteiger partial charge in [-0.1, -0.05) is 6.07 Å². The van der Waals surface area contributed by atoms with Gasteiger partial charge in [-0.2, -0.15) is 10.2 Å². The average Bonchev–Trinajstić information content (AvgIpc) is 3.39. The number of alkyl halides is 2. The molecule has 4 rings (SSSR count). The highest BCUT2D eigenvalue weighted by molar-refractivity contribution is 5.90. The molecule has 1 amide bonds. The second-order valence-electron chi connectivity index (χ2n) is 6.86. The molecule has 1 aromatic heterocycles. The lowest BCUT2D eigenvalue weighted by molar-refractivity contribution is -0.135. The van der Waals surface area contributed by atoms with Crippen molar-refractivity contribution in [1.82, 2.24) is 25.9 Å². The molecule has 0 bridgehead atoms. The van der Waals surface area contributed by atoms with E-state index < -0.39 is 23.3 Å². The Hall–Kier alpha value is -2.94. The van der Waals surface area contributed by atoms with E-state index in [-0.39, 0.29) is 11.8 Å². The molecule has 6 nitrogen and oxygen atoms in total. The van der Waals surface area contributed by atoms with Gasteiger partial charge in [0.2, 0.25) is 0 Å². The summed E-state index contributed by atoms with van der Waals surface area (Å²) in [6, 6.07) is 5.49. The number of hydrogen-bond donors (Lipinski definition) is 2. The van der Waals surface area contributed by atoms with Gasteiger partial charge in [0.25, 0.3) is 12.3 Å². The first kappa shape index (κ1) is 18.4. The second-order valence-corrected chi connectivity index (χ2v) is 6.86. The summed E-state index contributed by atoms with van der Waals surface area (Å²) in [5.74, 6) is -1.23. The summed E-state index contributed by atoms with van der Waals surface area (Å²) in [4.78, 5) is 15.0. The summed E-state index contributed by atoms with van der Waals surface area (Å²) in [6.07, 6.45) is 4.12. The molecule has 2 unspecified atom stereocenters. The molecule has 1 saturated heterocycles. The third kappa shape index (κ3) is 3.11. The van der Waals surface area contributed by atoms with Crippen LogP contribution in [0, 0.1) is 5.82 Å². The van der Waals surface area contributed by atoms with Gasteiger partial charge < -0.3 is 10.3 Å². The number of carbonyl (C=O) groups is 1. The van der Waals surface area contributed by atoms with Crippen molar-refractivity contribution < 1.29 is 18.0 Å².